The van der Waals surface area contributed by atoms with Gasteiger partial charge in [0.1, 0.15) is 0 Å². The van der Waals surface area contributed by atoms with E-state index in [9.17, 15) is 13.2 Å². The van der Waals surface area contributed by atoms with Gasteiger partial charge in [-0.1, -0.05) is 42.4 Å². The number of carbonyl (C=O) groups is 1. The molecule has 0 bridgehead atoms. The van der Waals surface area contributed by atoms with Crippen LogP contribution in [0.5, 0.6) is 0 Å². The lowest BCUT2D eigenvalue weighted by Gasteiger charge is -2.54. The Morgan fingerprint density at radius 3 is 2.62 bits per heavy atom. The maximum atomic E-state index is 13.0. The van der Waals surface area contributed by atoms with E-state index in [0.717, 1.165) is 0 Å². The molecule has 0 unspecified atom stereocenters. The summed E-state index contributed by atoms with van der Waals surface area (Å²) in [5.74, 6) is -1.15. The summed E-state index contributed by atoms with van der Waals surface area (Å²) in [5.41, 5.74) is -0.443. The normalized spacial score (nSPS) is 26.9. The van der Waals surface area contributed by atoms with Crippen LogP contribution < -0.4 is 0 Å². The molecule has 2 saturated heterocycles. The van der Waals surface area contributed by atoms with Crippen LogP contribution in [0.25, 0.3) is 5.69 Å². The first-order chi connectivity index (χ1) is 18.7. The summed E-state index contributed by atoms with van der Waals surface area (Å²) in [5, 5.41) is 11.0. The van der Waals surface area contributed by atoms with Crippen molar-refractivity contribution < 1.29 is 32.2 Å². The molecule has 2 aliphatic heterocycles. The highest BCUT2D eigenvalue weighted by Crippen LogP contribution is 2.46. The summed E-state index contributed by atoms with van der Waals surface area (Å²) >= 11 is 0. The topological polar surface area (TPSA) is 132 Å². The predicted octanol–water partition coefficient (Wildman–Crippen LogP) is 3.68. The van der Waals surface area contributed by atoms with E-state index in [1.165, 1.54) is 4.68 Å². The van der Waals surface area contributed by atoms with Crippen molar-refractivity contribution in [2.45, 2.75) is 90.1 Å². The van der Waals surface area contributed by atoms with Gasteiger partial charge < -0.3 is 18.9 Å². The number of sulfone groups is 1. The molecular formula is C28H40N4O7S. The Hall–Kier alpha value is -2.67. The number of fused-ring (bicyclic) bond motifs is 1. The van der Waals surface area contributed by atoms with E-state index in [0.29, 0.717) is 25.1 Å². The number of hydrogen-bond acceptors (Lipinski definition) is 10. The number of ether oxygens (including phenoxy) is 4. The van der Waals surface area contributed by atoms with Gasteiger partial charge in [0, 0.05) is 18.3 Å². The summed E-state index contributed by atoms with van der Waals surface area (Å²) in [6.45, 7) is 12.0. The van der Waals surface area contributed by atoms with Crippen LogP contribution >= 0.6 is 0 Å². The number of benzene rings is 1. The first-order valence-electron chi connectivity index (χ1n) is 13.6. The third kappa shape index (κ3) is 6.96. The van der Waals surface area contributed by atoms with Crippen molar-refractivity contribution in [2.75, 3.05) is 19.0 Å². The summed E-state index contributed by atoms with van der Waals surface area (Å²) in [4.78, 5) is 12.3. The van der Waals surface area contributed by atoms with Gasteiger partial charge >= 0.3 is 5.97 Å². The maximum absolute atomic E-state index is 13.0. The molecule has 0 spiro atoms. The van der Waals surface area contributed by atoms with Crippen molar-refractivity contribution in [3.63, 3.8) is 0 Å². The molecule has 0 aliphatic carbocycles. The zero-order valence-corrected chi connectivity index (χ0v) is 24.9. The largest absolute Gasteiger partial charge is 0.465 e. The molecular weight excluding hydrogens is 536 g/mol. The minimum atomic E-state index is -3.74. The third-order valence-corrected chi connectivity index (χ3v) is 8.85. The lowest BCUT2D eigenvalue weighted by molar-refractivity contribution is -0.351. The Morgan fingerprint density at radius 2 is 1.93 bits per heavy atom. The number of tetrazole rings is 1. The molecule has 2 aliphatic rings. The van der Waals surface area contributed by atoms with E-state index in [-0.39, 0.29) is 48.2 Å². The maximum Gasteiger partial charge on any atom is 0.311 e. The highest BCUT2D eigenvalue weighted by molar-refractivity contribution is 7.91. The second kappa shape index (κ2) is 11.7. The van der Waals surface area contributed by atoms with Crippen LogP contribution in [-0.2, 0) is 33.6 Å². The molecule has 1 aromatic carbocycles. The molecule has 40 heavy (non-hydrogen) atoms. The fourth-order valence-corrected chi connectivity index (χ4v) is 6.04. The van der Waals surface area contributed by atoms with Gasteiger partial charge in [0.2, 0.25) is 9.84 Å². The monoisotopic (exact) mass is 576 g/mol. The van der Waals surface area contributed by atoms with Crippen LogP contribution in [0, 0.1) is 10.8 Å². The summed E-state index contributed by atoms with van der Waals surface area (Å²) in [6.07, 6.45) is 4.30. The molecule has 220 valence electrons. The Bertz CT molecular complexity index is 1300. The van der Waals surface area contributed by atoms with Crippen LogP contribution in [0.1, 0.15) is 60.8 Å². The smallest absolute Gasteiger partial charge is 0.311 e. The van der Waals surface area contributed by atoms with Gasteiger partial charge in [-0.3, -0.25) is 4.79 Å². The number of rotatable bonds is 9. The fourth-order valence-electron chi connectivity index (χ4n) is 4.85. The van der Waals surface area contributed by atoms with E-state index < -0.39 is 26.5 Å². The van der Waals surface area contributed by atoms with Crippen LogP contribution in [0.2, 0.25) is 0 Å². The van der Waals surface area contributed by atoms with Gasteiger partial charge in [0.15, 0.2) is 5.79 Å². The molecule has 0 N–H and O–H groups in total. The van der Waals surface area contributed by atoms with Gasteiger partial charge in [0.25, 0.3) is 5.16 Å². The van der Waals surface area contributed by atoms with Crippen LogP contribution in [0.15, 0.2) is 47.6 Å². The molecule has 2 aromatic rings. The van der Waals surface area contributed by atoms with Gasteiger partial charge in [-0.2, -0.15) is 4.68 Å². The fraction of sp³-hybridized carbons (Fsp3) is 0.643. The van der Waals surface area contributed by atoms with E-state index in [2.05, 4.69) is 22.4 Å². The summed E-state index contributed by atoms with van der Waals surface area (Å²) in [6, 6.07) is 8.89. The van der Waals surface area contributed by atoms with Crippen molar-refractivity contribution in [2.24, 2.45) is 10.8 Å². The number of esters is 1. The molecule has 11 nitrogen and oxygen atoms in total. The van der Waals surface area contributed by atoms with Gasteiger partial charge in [0.05, 0.1) is 48.4 Å². The number of carbonyl (C=O) groups excluding carboxylic acids is 1. The van der Waals surface area contributed by atoms with Crippen molar-refractivity contribution in [1.29, 1.82) is 0 Å². The Kier molecular flexibility index (Phi) is 8.84. The lowest BCUT2D eigenvalue weighted by Crippen LogP contribution is -2.61. The third-order valence-electron chi connectivity index (χ3n) is 7.26. The van der Waals surface area contributed by atoms with Gasteiger partial charge in [-0.25, -0.2) is 8.42 Å². The Labute approximate surface area is 236 Å². The molecule has 1 aromatic heterocycles. The zero-order valence-electron chi connectivity index (χ0n) is 24.1. The van der Waals surface area contributed by atoms with E-state index in [4.69, 9.17) is 18.9 Å². The first kappa shape index (κ1) is 30.3. The molecule has 0 radical (unpaired) electrons. The van der Waals surface area contributed by atoms with E-state index >= 15 is 0 Å². The average Bonchev–Trinajstić information content (AvgIpc) is 3.39. The zero-order chi connectivity index (χ0) is 29.2. The molecule has 0 amide bonds. The molecule has 3 heterocycles. The molecule has 0 saturated carbocycles. The molecule has 12 heteroatoms. The highest BCUT2D eigenvalue weighted by atomic mass is 32.2. The number of aromatic nitrogens is 4. The highest BCUT2D eigenvalue weighted by Gasteiger charge is 2.53. The van der Waals surface area contributed by atoms with Crippen molar-refractivity contribution in [3.05, 3.63) is 42.5 Å². The minimum absolute atomic E-state index is 0.151. The van der Waals surface area contributed by atoms with Gasteiger partial charge in [-0.05, 0) is 63.6 Å². The van der Waals surface area contributed by atoms with E-state index in [1.54, 1.807) is 24.3 Å². The van der Waals surface area contributed by atoms with E-state index in [1.807, 2.05) is 52.8 Å². The van der Waals surface area contributed by atoms with Gasteiger partial charge in [-0.15, -0.1) is 0 Å². The number of para-hydroxylation sites is 1. The van der Waals surface area contributed by atoms with Crippen LogP contribution in [0.4, 0.5) is 0 Å². The molecule has 2 fully saturated rings. The van der Waals surface area contributed by atoms with Crippen molar-refractivity contribution in [3.8, 4) is 5.69 Å². The number of allylic oxidation sites excluding steroid dienone is 1. The SMILES string of the molecule is CC1(C)OC[C@@]2(C)[C@H](CCOC(=O)C(C)(C)C)O[C@H](/C=C/CCS(=O)(=O)c3nnnn3-c3ccccc3)C[C@H]2O1. The van der Waals surface area contributed by atoms with Crippen molar-refractivity contribution in [1.82, 2.24) is 20.2 Å². The quantitative estimate of drug-likeness (QED) is 0.322. The summed E-state index contributed by atoms with van der Waals surface area (Å²) in [7, 11) is -3.74. The lowest BCUT2D eigenvalue weighted by atomic mass is 9.73. The molecule has 4 atom stereocenters. The second-order valence-corrected chi connectivity index (χ2v) is 14.1. The predicted molar refractivity (Wildman–Crippen MR) is 146 cm³/mol. The Morgan fingerprint density at radius 1 is 1.20 bits per heavy atom. The van der Waals surface area contributed by atoms with Crippen LogP contribution in [-0.4, -0.2) is 77.7 Å². The van der Waals surface area contributed by atoms with Crippen molar-refractivity contribution >= 4 is 15.8 Å². The Balaban J connectivity index is 1.41. The first-order valence-corrected chi connectivity index (χ1v) is 15.2. The average molecular weight is 577 g/mol. The molecule has 4 rings (SSSR count). The standard InChI is InChI=1S/C28H40N4O7S/c1-26(2,3)24(33)36-16-15-22-28(6)19-37-27(4,5)39-23(28)18-21(38-22)14-10-11-17-40(34,35)25-29-30-31-32(25)20-12-8-7-9-13-20/h7-10,12-14,21-23H,11,15-19H2,1-6H3/b14-10+/t21-,22+,23-,28+/m1/s1. The van der Waals surface area contributed by atoms with Crippen LogP contribution in [0.3, 0.4) is 0 Å². The second-order valence-electron chi connectivity index (χ2n) is 12.1. The number of nitrogens with zero attached hydrogens (tertiary/aromatic N) is 4. The minimum Gasteiger partial charge on any atom is -0.465 e. The number of hydrogen-bond donors (Lipinski definition) is 0. The summed E-state index contributed by atoms with van der Waals surface area (Å²) < 4.78 is 51.6.